The van der Waals surface area contributed by atoms with Crippen molar-refractivity contribution < 1.29 is 0 Å². The first-order valence-corrected chi connectivity index (χ1v) is 7.07. The van der Waals surface area contributed by atoms with Crippen molar-refractivity contribution in [1.82, 2.24) is 15.2 Å². The molecule has 100 valence electrons. The Bertz CT molecular complexity index is 342. The highest BCUT2D eigenvalue weighted by Gasteiger charge is 2.21. The number of hydrogen-bond acceptors (Lipinski definition) is 3. The second kappa shape index (κ2) is 6.30. The van der Waals surface area contributed by atoms with Crippen LogP contribution < -0.4 is 5.32 Å². The summed E-state index contributed by atoms with van der Waals surface area (Å²) in [5.74, 6) is 0. The first kappa shape index (κ1) is 13.5. The van der Waals surface area contributed by atoms with Crippen molar-refractivity contribution in [3.8, 4) is 0 Å². The molecule has 0 amide bonds. The molecule has 1 saturated heterocycles. The summed E-state index contributed by atoms with van der Waals surface area (Å²) in [5, 5.41) is 3.73. The molecule has 2 rings (SSSR count). The van der Waals surface area contributed by atoms with Gasteiger partial charge in [0.1, 0.15) is 0 Å². The van der Waals surface area contributed by atoms with E-state index in [1.165, 1.54) is 31.5 Å². The minimum absolute atomic E-state index is 0.397. The van der Waals surface area contributed by atoms with Crippen LogP contribution in [0.15, 0.2) is 24.5 Å². The van der Waals surface area contributed by atoms with Crippen LogP contribution in [0.3, 0.4) is 0 Å². The number of nitrogens with one attached hydrogen (secondary N) is 1. The van der Waals surface area contributed by atoms with E-state index in [4.69, 9.17) is 0 Å². The zero-order valence-electron chi connectivity index (χ0n) is 11.8. The number of pyridine rings is 1. The van der Waals surface area contributed by atoms with E-state index < -0.39 is 0 Å². The van der Waals surface area contributed by atoms with E-state index >= 15 is 0 Å². The Kier molecular flexibility index (Phi) is 4.72. The van der Waals surface area contributed by atoms with Crippen LogP contribution in [0.4, 0.5) is 0 Å². The highest BCUT2D eigenvalue weighted by molar-refractivity contribution is 5.13. The largest absolute Gasteiger partial charge is 0.307 e. The lowest BCUT2D eigenvalue weighted by Crippen LogP contribution is -2.45. The second-order valence-electron chi connectivity index (χ2n) is 5.58. The molecule has 0 radical (unpaired) electrons. The molecule has 1 aromatic rings. The van der Waals surface area contributed by atoms with Crippen molar-refractivity contribution in [2.24, 2.45) is 0 Å². The first-order chi connectivity index (χ1) is 8.66. The predicted octanol–water partition coefficient (Wildman–Crippen LogP) is 2.61. The van der Waals surface area contributed by atoms with Gasteiger partial charge in [-0.3, -0.25) is 4.98 Å². The van der Waals surface area contributed by atoms with Crippen molar-refractivity contribution >= 4 is 0 Å². The van der Waals surface area contributed by atoms with Gasteiger partial charge >= 0.3 is 0 Å². The topological polar surface area (TPSA) is 28.2 Å². The quantitative estimate of drug-likeness (QED) is 0.886. The van der Waals surface area contributed by atoms with Crippen LogP contribution in [0.25, 0.3) is 0 Å². The molecule has 1 aromatic heterocycles. The Morgan fingerprint density at radius 3 is 2.56 bits per heavy atom. The van der Waals surface area contributed by atoms with Crippen LogP contribution in [0.1, 0.15) is 45.2 Å². The normalized spacial score (nSPS) is 20.2. The molecular weight excluding hydrogens is 222 g/mol. The summed E-state index contributed by atoms with van der Waals surface area (Å²) < 4.78 is 0. The van der Waals surface area contributed by atoms with E-state index in [0.717, 1.165) is 0 Å². The van der Waals surface area contributed by atoms with Gasteiger partial charge in [0.05, 0.1) is 0 Å². The van der Waals surface area contributed by atoms with Crippen LogP contribution in [0.2, 0.25) is 0 Å². The van der Waals surface area contributed by atoms with Crippen LogP contribution in [0.5, 0.6) is 0 Å². The van der Waals surface area contributed by atoms with Crippen LogP contribution in [0, 0.1) is 0 Å². The predicted molar refractivity (Wildman–Crippen MR) is 75.5 cm³/mol. The third-order valence-electron chi connectivity index (χ3n) is 3.93. The van der Waals surface area contributed by atoms with Crippen LogP contribution in [-0.4, -0.2) is 35.1 Å². The smallest absolute Gasteiger partial charge is 0.0315 e. The highest BCUT2D eigenvalue weighted by atomic mass is 15.2. The molecule has 0 saturated carbocycles. The van der Waals surface area contributed by atoms with Gasteiger partial charge in [0.25, 0.3) is 0 Å². The average Bonchev–Trinajstić information content (AvgIpc) is 2.40. The summed E-state index contributed by atoms with van der Waals surface area (Å²) in [7, 11) is 0. The number of likely N-dealkylation sites (tertiary alicyclic amines) is 1. The maximum atomic E-state index is 4.19. The minimum Gasteiger partial charge on any atom is -0.307 e. The molecule has 0 aliphatic carbocycles. The van der Waals surface area contributed by atoms with Gasteiger partial charge in [-0.05, 0) is 58.3 Å². The molecule has 1 aliphatic heterocycles. The molecule has 0 unspecified atom stereocenters. The van der Waals surface area contributed by atoms with E-state index in [9.17, 15) is 0 Å². The maximum absolute atomic E-state index is 4.19. The molecule has 3 heteroatoms. The summed E-state index contributed by atoms with van der Waals surface area (Å²) in [6.45, 7) is 9.23. The number of piperidine rings is 1. The van der Waals surface area contributed by atoms with Gasteiger partial charge in [-0.2, -0.15) is 0 Å². The molecule has 3 nitrogen and oxygen atoms in total. The van der Waals surface area contributed by atoms with E-state index in [1.54, 1.807) is 0 Å². The lowest BCUT2D eigenvalue weighted by atomic mass is 10.0. The summed E-state index contributed by atoms with van der Waals surface area (Å²) in [4.78, 5) is 6.75. The maximum Gasteiger partial charge on any atom is 0.0315 e. The zero-order chi connectivity index (χ0) is 13.0. The second-order valence-corrected chi connectivity index (χ2v) is 5.58. The fourth-order valence-corrected chi connectivity index (χ4v) is 2.66. The summed E-state index contributed by atoms with van der Waals surface area (Å²) in [6.07, 6.45) is 6.30. The van der Waals surface area contributed by atoms with E-state index in [0.29, 0.717) is 18.1 Å². The summed E-state index contributed by atoms with van der Waals surface area (Å²) in [5.41, 5.74) is 1.28. The fourth-order valence-electron chi connectivity index (χ4n) is 2.66. The van der Waals surface area contributed by atoms with Gasteiger partial charge in [0.2, 0.25) is 0 Å². The Morgan fingerprint density at radius 2 is 2.00 bits per heavy atom. The monoisotopic (exact) mass is 247 g/mol. The van der Waals surface area contributed by atoms with Crippen molar-refractivity contribution in [1.29, 1.82) is 0 Å². The van der Waals surface area contributed by atoms with Gasteiger partial charge in [-0.25, -0.2) is 0 Å². The van der Waals surface area contributed by atoms with Gasteiger partial charge in [0.15, 0.2) is 0 Å². The third-order valence-corrected chi connectivity index (χ3v) is 3.93. The van der Waals surface area contributed by atoms with Crippen LogP contribution >= 0.6 is 0 Å². The molecule has 18 heavy (non-hydrogen) atoms. The van der Waals surface area contributed by atoms with Crippen molar-refractivity contribution in [3.63, 3.8) is 0 Å². The standard InChI is InChI=1S/C15H25N3/c1-12(2)18-9-6-15(7-10-18)17-13(3)14-5-4-8-16-11-14/h4-5,8,11-13,15,17H,6-7,9-10H2,1-3H3/t13-/m0/s1. The van der Waals surface area contributed by atoms with E-state index in [1.807, 2.05) is 18.5 Å². The van der Waals surface area contributed by atoms with E-state index in [2.05, 4.69) is 42.0 Å². The van der Waals surface area contributed by atoms with Crippen LogP contribution in [-0.2, 0) is 0 Å². The highest BCUT2D eigenvalue weighted by Crippen LogP contribution is 2.17. The number of aromatic nitrogens is 1. The van der Waals surface area contributed by atoms with E-state index in [-0.39, 0.29) is 0 Å². The van der Waals surface area contributed by atoms with Gasteiger partial charge < -0.3 is 10.2 Å². The Hall–Kier alpha value is -0.930. The minimum atomic E-state index is 0.397. The zero-order valence-corrected chi connectivity index (χ0v) is 11.8. The van der Waals surface area contributed by atoms with Crippen molar-refractivity contribution in [3.05, 3.63) is 30.1 Å². The molecule has 0 bridgehead atoms. The molecule has 1 fully saturated rings. The Balaban J connectivity index is 1.81. The average molecular weight is 247 g/mol. The third kappa shape index (κ3) is 3.53. The molecule has 0 aromatic carbocycles. The SMILES string of the molecule is CC(C)N1CCC(N[C@@H](C)c2cccnc2)CC1. The molecular formula is C15H25N3. The summed E-state index contributed by atoms with van der Waals surface area (Å²) in [6, 6.07) is 5.88. The first-order valence-electron chi connectivity index (χ1n) is 7.07. The van der Waals surface area contributed by atoms with Gasteiger partial charge in [0, 0.05) is 30.5 Å². The molecule has 1 N–H and O–H groups in total. The molecule has 0 spiro atoms. The van der Waals surface area contributed by atoms with Gasteiger partial charge in [-0.1, -0.05) is 6.07 Å². The molecule has 1 aliphatic rings. The molecule has 2 heterocycles. The lowest BCUT2D eigenvalue weighted by molar-refractivity contribution is 0.157. The Labute approximate surface area is 111 Å². The fraction of sp³-hybridized carbons (Fsp3) is 0.667. The number of hydrogen-bond donors (Lipinski definition) is 1. The van der Waals surface area contributed by atoms with Crippen molar-refractivity contribution in [2.45, 2.75) is 51.7 Å². The Morgan fingerprint density at radius 1 is 1.28 bits per heavy atom. The summed E-state index contributed by atoms with van der Waals surface area (Å²) >= 11 is 0. The molecule has 1 atom stereocenters. The number of nitrogens with zero attached hydrogens (tertiary/aromatic N) is 2. The number of rotatable bonds is 4. The lowest BCUT2D eigenvalue weighted by Gasteiger charge is -2.36. The van der Waals surface area contributed by atoms with Gasteiger partial charge in [-0.15, -0.1) is 0 Å². The van der Waals surface area contributed by atoms with Crippen molar-refractivity contribution in [2.75, 3.05) is 13.1 Å².